The van der Waals surface area contributed by atoms with Crippen LogP contribution in [0.1, 0.15) is 18.3 Å². The Kier molecular flexibility index (Phi) is 5.81. The molecule has 1 aliphatic heterocycles. The SMILES string of the molecule is Cn1ccnc1C1CNCCN1C(=O)CCSc1ccc(Cl)cc1. The summed E-state index contributed by atoms with van der Waals surface area (Å²) in [5.74, 6) is 1.88. The van der Waals surface area contributed by atoms with Crippen molar-refractivity contribution in [2.24, 2.45) is 7.05 Å². The number of rotatable bonds is 5. The van der Waals surface area contributed by atoms with Crippen molar-refractivity contribution < 1.29 is 4.79 Å². The van der Waals surface area contributed by atoms with Crippen LogP contribution < -0.4 is 5.32 Å². The molecule has 2 aromatic rings. The fourth-order valence-electron chi connectivity index (χ4n) is 2.86. The number of aryl methyl sites for hydroxylation is 1. The monoisotopic (exact) mass is 364 g/mol. The molecular weight excluding hydrogens is 344 g/mol. The summed E-state index contributed by atoms with van der Waals surface area (Å²) in [4.78, 5) is 20.2. The molecule has 1 saturated heterocycles. The van der Waals surface area contributed by atoms with Crippen LogP contribution in [-0.2, 0) is 11.8 Å². The molecule has 1 fully saturated rings. The zero-order valence-electron chi connectivity index (χ0n) is 13.6. The quantitative estimate of drug-likeness (QED) is 0.829. The van der Waals surface area contributed by atoms with E-state index < -0.39 is 0 Å². The van der Waals surface area contributed by atoms with Gasteiger partial charge in [0.1, 0.15) is 11.9 Å². The topological polar surface area (TPSA) is 50.2 Å². The number of nitrogens with one attached hydrogen (secondary N) is 1. The van der Waals surface area contributed by atoms with Crippen LogP contribution in [0.4, 0.5) is 0 Å². The first-order valence-electron chi connectivity index (χ1n) is 8.01. The molecule has 128 valence electrons. The van der Waals surface area contributed by atoms with Gasteiger partial charge in [-0.05, 0) is 24.3 Å². The van der Waals surface area contributed by atoms with Gasteiger partial charge in [0, 0.05) is 61.2 Å². The normalized spacial score (nSPS) is 17.9. The predicted octanol–water partition coefficient (Wildman–Crippen LogP) is 2.73. The molecule has 0 spiro atoms. The van der Waals surface area contributed by atoms with Crippen LogP contribution >= 0.6 is 23.4 Å². The maximum Gasteiger partial charge on any atom is 0.224 e. The summed E-state index contributed by atoms with van der Waals surface area (Å²) in [5, 5.41) is 4.09. The Bertz CT molecular complexity index is 688. The molecule has 24 heavy (non-hydrogen) atoms. The van der Waals surface area contributed by atoms with Gasteiger partial charge in [0.25, 0.3) is 0 Å². The molecule has 0 radical (unpaired) electrons. The van der Waals surface area contributed by atoms with Crippen molar-refractivity contribution in [3.63, 3.8) is 0 Å². The van der Waals surface area contributed by atoms with E-state index in [2.05, 4.69) is 10.3 Å². The van der Waals surface area contributed by atoms with Crippen molar-refractivity contribution in [2.45, 2.75) is 17.4 Å². The van der Waals surface area contributed by atoms with Gasteiger partial charge < -0.3 is 14.8 Å². The molecule has 1 amide bonds. The second kappa shape index (κ2) is 8.05. The van der Waals surface area contributed by atoms with Crippen LogP contribution in [0.5, 0.6) is 0 Å². The first-order chi connectivity index (χ1) is 11.6. The van der Waals surface area contributed by atoms with Gasteiger partial charge in [-0.3, -0.25) is 4.79 Å². The summed E-state index contributed by atoms with van der Waals surface area (Å²) in [6.45, 7) is 2.31. The van der Waals surface area contributed by atoms with Crippen LogP contribution in [0.2, 0.25) is 5.02 Å². The standard InChI is InChI=1S/C17H21ClN4OS/c1-21-9-8-20-17(21)15-12-19-7-10-22(15)16(23)6-11-24-14-4-2-13(18)3-5-14/h2-5,8-9,15,19H,6-7,10-12H2,1H3. The second-order valence-electron chi connectivity index (χ2n) is 5.76. The average molecular weight is 365 g/mol. The Morgan fingerprint density at radius 2 is 2.21 bits per heavy atom. The fraction of sp³-hybridized carbons (Fsp3) is 0.412. The van der Waals surface area contributed by atoms with Crippen molar-refractivity contribution in [1.29, 1.82) is 0 Å². The number of imidazole rings is 1. The summed E-state index contributed by atoms with van der Waals surface area (Å²) >= 11 is 7.57. The molecule has 7 heteroatoms. The lowest BCUT2D eigenvalue weighted by Crippen LogP contribution is -2.49. The maximum absolute atomic E-state index is 12.7. The van der Waals surface area contributed by atoms with E-state index in [0.717, 1.165) is 41.1 Å². The van der Waals surface area contributed by atoms with E-state index in [-0.39, 0.29) is 11.9 Å². The van der Waals surface area contributed by atoms with Crippen LogP contribution in [0.15, 0.2) is 41.6 Å². The highest BCUT2D eigenvalue weighted by atomic mass is 35.5. The van der Waals surface area contributed by atoms with Gasteiger partial charge >= 0.3 is 0 Å². The summed E-state index contributed by atoms with van der Waals surface area (Å²) in [5.41, 5.74) is 0. The Balaban J connectivity index is 1.58. The second-order valence-corrected chi connectivity index (χ2v) is 7.36. The van der Waals surface area contributed by atoms with Crippen LogP contribution in [-0.4, -0.2) is 45.7 Å². The van der Waals surface area contributed by atoms with Crippen molar-refractivity contribution in [1.82, 2.24) is 19.8 Å². The minimum Gasteiger partial charge on any atom is -0.336 e. The van der Waals surface area contributed by atoms with Gasteiger partial charge in [-0.2, -0.15) is 0 Å². The molecule has 3 rings (SSSR count). The van der Waals surface area contributed by atoms with Gasteiger partial charge in [0.15, 0.2) is 0 Å². The summed E-state index contributed by atoms with van der Waals surface area (Å²) in [6, 6.07) is 7.72. The van der Waals surface area contributed by atoms with E-state index in [9.17, 15) is 4.79 Å². The van der Waals surface area contributed by atoms with Gasteiger partial charge in [-0.25, -0.2) is 4.98 Å². The van der Waals surface area contributed by atoms with Crippen molar-refractivity contribution in [3.8, 4) is 0 Å². The summed E-state index contributed by atoms with van der Waals surface area (Å²) in [6.07, 6.45) is 4.22. The van der Waals surface area contributed by atoms with Gasteiger partial charge in [-0.15, -0.1) is 11.8 Å². The molecule has 1 aromatic heterocycles. The Labute approximate surface area is 151 Å². The summed E-state index contributed by atoms with van der Waals surface area (Å²) < 4.78 is 1.99. The van der Waals surface area contributed by atoms with Crippen LogP contribution in [0.25, 0.3) is 0 Å². The molecule has 1 unspecified atom stereocenters. The number of hydrogen-bond donors (Lipinski definition) is 1. The lowest BCUT2D eigenvalue weighted by molar-refractivity contribution is -0.134. The van der Waals surface area contributed by atoms with Gasteiger partial charge in [0.05, 0.1) is 0 Å². The van der Waals surface area contributed by atoms with Crippen LogP contribution in [0, 0.1) is 0 Å². The van der Waals surface area contributed by atoms with E-state index in [1.165, 1.54) is 0 Å². The number of benzene rings is 1. The van der Waals surface area contributed by atoms with E-state index in [0.29, 0.717) is 6.42 Å². The minimum atomic E-state index is 0.00628. The molecule has 1 N–H and O–H groups in total. The molecule has 0 bridgehead atoms. The molecule has 1 atom stereocenters. The highest BCUT2D eigenvalue weighted by Gasteiger charge is 2.29. The zero-order valence-corrected chi connectivity index (χ0v) is 15.2. The average Bonchev–Trinajstić information content (AvgIpc) is 3.02. The Hall–Kier alpha value is -1.50. The van der Waals surface area contributed by atoms with Crippen LogP contribution in [0.3, 0.4) is 0 Å². The largest absolute Gasteiger partial charge is 0.336 e. The van der Waals surface area contributed by atoms with E-state index in [1.807, 2.05) is 47.0 Å². The van der Waals surface area contributed by atoms with Crippen molar-refractivity contribution in [3.05, 3.63) is 47.5 Å². The minimum absolute atomic E-state index is 0.00628. The van der Waals surface area contributed by atoms with E-state index in [4.69, 9.17) is 11.6 Å². The number of piperazine rings is 1. The maximum atomic E-state index is 12.7. The fourth-order valence-corrected chi connectivity index (χ4v) is 3.83. The molecule has 0 aliphatic carbocycles. The Morgan fingerprint density at radius 1 is 1.42 bits per heavy atom. The molecule has 1 aliphatic rings. The number of nitrogens with zero attached hydrogens (tertiary/aromatic N) is 3. The first-order valence-corrected chi connectivity index (χ1v) is 9.37. The third-order valence-electron chi connectivity index (χ3n) is 4.12. The van der Waals surface area contributed by atoms with Crippen molar-refractivity contribution >= 4 is 29.3 Å². The van der Waals surface area contributed by atoms with Gasteiger partial charge in [-0.1, -0.05) is 11.6 Å². The smallest absolute Gasteiger partial charge is 0.224 e. The van der Waals surface area contributed by atoms with E-state index in [1.54, 1.807) is 18.0 Å². The summed E-state index contributed by atoms with van der Waals surface area (Å²) in [7, 11) is 1.97. The van der Waals surface area contributed by atoms with Gasteiger partial charge in [0.2, 0.25) is 5.91 Å². The van der Waals surface area contributed by atoms with E-state index >= 15 is 0 Å². The molecule has 2 heterocycles. The highest BCUT2D eigenvalue weighted by Crippen LogP contribution is 2.24. The lowest BCUT2D eigenvalue weighted by atomic mass is 10.1. The number of thioether (sulfide) groups is 1. The third kappa shape index (κ3) is 4.12. The predicted molar refractivity (Wildman–Crippen MR) is 97.3 cm³/mol. The molecule has 5 nitrogen and oxygen atoms in total. The highest BCUT2D eigenvalue weighted by molar-refractivity contribution is 7.99. The zero-order chi connectivity index (χ0) is 16.9. The number of halogens is 1. The number of amides is 1. The number of carbonyl (C=O) groups is 1. The number of carbonyl (C=O) groups excluding carboxylic acids is 1. The number of aromatic nitrogens is 2. The molecule has 1 aromatic carbocycles. The first kappa shape index (κ1) is 17.3. The van der Waals surface area contributed by atoms with Crippen molar-refractivity contribution in [2.75, 3.05) is 25.4 Å². The Morgan fingerprint density at radius 3 is 2.92 bits per heavy atom. The lowest BCUT2D eigenvalue weighted by Gasteiger charge is -2.35. The third-order valence-corrected chi connectivity index (χ3v) is 5.38. The molecular formula is C17H21ClN4OS. The molecule has 0 saturated carbocycles. The number of hydrogen-bond acceptors (Lipinski definition) is 4.